The van der Waals surface area contributed by atoms with Gasteiger partial charge >= 0.3 is 0 Å². The van der Waals surface area contributed by atoms with Gasteiger partial charge in [-0.2, -0.15) is 10.1 Å². The Balaban J connectivity index is 1.55. The number of anilines is 3. The van der Waals surface area contributed by atoms with Crippen molar-refractivity contribution in [3.8, 4) is 0 Å². The zero-order valence-corrected chi connectivity index (χ0v) is 14.4. The first-order valence-corrected chi connectivity index (χ1v) is 8.83. The van der Waals surface area contributed by atoms with Gasteiger partial charge in [-0.3, -0.25) is 0 Å². The minimum atomic E-state index is 0.128. The number of nitrogens with one attached hydrogen (secondary N) is 3. The van der Waals surface area contributed by atoms with Gasteiger partial charge in [0.2, 0.25) is 5.95 Å². The fraction of sp³-hybridized carbons (Fsp3) is 0.353. The van der Waals surface area contributed by atoms with Crippen LogP contribution in [0.1, 0.15) is 25.7 Å². The van der Waals surface area contributed by atoms with Crippen molar-refractivity contribution in [2.24, 2.45) is 5.73 Å². The molecule has 0 spiro atoms. The number of H-pyrrole nitrogens is 1. The number of nitrogens with zero attached hydrogens (tertiary/aromatic N) is 3. The normalized spacial score (nSPS) is 20.6. The molecule has 0 saturated heterocycles. The SMILES string of the molecule is N[C@H]1CCCC[C@H]1Nc1nncc(Nc2cccc3c(Cl)c[nH]c23)n1. The first-order chi connectivity index (χ1) is 12.2. The molecule has 2 atom stereocenters. The van der Waals surface area contributed by atoms with Crippen LogP contribution in [0.5, 0.6) is 0 Å². The van der Waals surface area contributed by atoms with Crippen molar-refractivity contribution in [3.63, 3.8) is 0 Å². The predicted octanol–water partition coefficient (Wildman–Crippen LogP) is 3.43. The van der Waals surface area contributed by atoms with E-state index in [9.17, 15) is 0 Å². The van der Waals surface area contributed by atoms with E-state index in [0.29, 0.717) is 16.8 Å². The van der Waals surface area contributed by atoms with Crippen LogP contribution in [-0.2, 0) is 0 Å². The predicted molar refractivity (Wildman–Crippen MR) is 100 cm³/mol. The van der Waals surface area contributed by atoms with E-state index in [1.807, 2.05) is 18.2 Å². The summed E-state index contributed by atoms with van der Waals surface area (Å²) in [6.45, 7) is 0. The van der Waals surface area contributed by atoms with Crippen LogP contribution in [0, 0.1) is 0 Å². The number of benzene rings is 1. The van der Waals surface area contributed by atoms with Crippen LogP contribution in [0.25, 0.3) is 10.9 Å². The maximum atomic E-state index is 6.18. The second-order valence-electron chi connectivity index (χ2n) is 6.35. The monoisotopic (exact) mass is 357 g/mol. The lowest BCUT2D eigenvalue weighted by molar-refractivity contribution is 0.402. The quantitative estimate of drug-likeness (QED) is 0.570. The molecule has 7 nitrogen and oxygen atoms in total. The Labute approximate surface area is 150 Å². The average molecular weight is 358 g/mol. The van der Waals surface area contributed by atoms with E-state index in [-0.39, 0.29) is 12.1 Å². The standard InChI is InChI=1S/C17H20ClN7/c18-11-8-20-16-10(11)4-3-7-14(16)22-15-9-21-25-17(24-15)23-13-6-2-1-5-12(13)19/h3-4,7-9,12-13,20H,1-2,5-6,19H2,(H2,22,23,24,25)/t12-,13+/m0/s1. The topological polar surface area (TPSA) is 105 Å². The molecule has 2 aromatic heterocycles. The molecule has 0 amide bonds. The molecule has 1 fully saturated rings. The minimum absolute atomic E-state index is 0.128. The Hall–Kier alpha value is -2.38. The van der Waals surface area contributed by atoms with Crippen LogP contribution in [0.2, 0.25) is 5.02 Å². The number of hydrogen-bond donors (Lipinski definition) is 4. The molecule has 1 saturated carbocycles. The number of rotatable bonds is 4. The van der Waals surface area contributed by atoms with Gasteiger partial charge in [0.25, 0.3) is 0 Å². The Morgan fingerprint density at radius 2 is 2.12 bits per heavy atom. The number of halogens is 1. The van der Waals surface area contributed by atoms with Crippen LogP contribution in [0.3, 0.4) is 0 Å². The molecule has 0 unspecified atom stereocenters. The highest BCUT2D eigenvalue weighted by Gasteiger charge is 2.22. The molecule has 25 heavy (non-hydrogen) atoms. The Bertz CT molecular complexity index is 878. The van der Waals surface area contributed by atoms with E-state index in [1.54, 1.807) is 12.4 Å². The molecule has 3 aromatic rings. The zero-order valence-electron chi connectivity index (χ0n) is 13.7. The van der Waals surface area contributed by atoms with E-state index in [2.05, 4.69) is 30.8 Å². The third kappa shape index (κ3) is 3.38. The molecule has 130 valence electrons. The van der Waals surface area contributed by atoms with E-state index >= 15 is 0 Å². The molecule has 1 aliphatic carbocycles. The Morgan fingerprint density at radius 1 is 1.24 bits per heavy atom. The van der Waals surface area contributed by atoms with Crippen LogP contribution >= 0.6 is 11.6 Å². The summed E-state index contributed by atoms with van der Waals surface area (Å²) in [7, 11) is 0. The third-order valence-corrected chi connectivity index (χ3v) is 4.93. The third-order valence-electron chi connectivity index (χ3n) is 4.62. The fourth-order valence-electron chi connectivity index (χ4n) is 3.29. The van der Waals surface area contributed by atoms with Crippen molar-refractivity contribution in [2.45, 2.75) is 37.8 Å². The maximum Gasteiger partial charge on any atom is 0.244 e. The molecular formula is C17H20ClN7. The number of para-hydroxylation sites is 1. The molecule has 0 aliphatic heterocycles. The van der Waals surface area contributed by atoms with Crippen LogP contribution < -0.4 is 16.4 Å². The highest BCUT2D eigenvalue weighted by atomic mass is 35.5. The largest absolute Gasteiger partial charge is 0.358 e. The lowest BCUT2D eigenvalue weighted by Gasteiger charge is -2.29. The summed E-state index contributed by atoms with van der Waals surface area (Å²) in [6, 6.07) is 6.19. The summed E-state index contributed by atoms with van der Waals surface area (Å²) >= 11 is 6.18. The zero-order chi connectivity index (χ0) is 17.2. The molecule has 2 heterocycles. The van der Waals surface area contributed by atoms with E-state index in [1.165, 1.54) is 12.8 Å². The number of aromatic nitrogens is 4. The summed E-state index contributed by atoms with van der Waals surface area (Å²) < 4.78 is 0. The number of aromatic amines is 1. The first-order valence-electron chi connectivity index (χ1n) is 8.45. The highest BCUT2D eigenvalue weighted by molar-refractivity contribution is 6.35. The summed E-state index contributed by atoms with van der Waals surface area (Å²) in [5.41, 5.74) is 7.99. The minimum Gasteiger partial charge on any atom is -0.358 e. The molecular weight excluding hydrogens is 338 g/mol. The van der Waals surface area contributed by atoms with Gasteiger partial charge in [-0.05, 0) is 18.9 Å². The van der Waals surface area contributed by atoms with Crippen LogP contribution in [0.4, 0.5) is 17.5 Å². The smallest absolute Gasteiger partial charge is 0.244 e. The number of hydrogen-bond acceptors (Lipinski definition) is 6. The summed E-state index contributed by atoms with van der Waals surface area (Å²) in [5, 5.41) is 16.4. The van der Waals surface area contributed by atoms with Crippen molar-refractivity contribution in [1.82, 2.24) is 20.2 Å². The average Bonchev–Trinajstić information content (AvgIpc) is 3.00. The Morgan fingerprint density at radius 3 is 3.00 bits per heavy atom. The van der Waals surface area contributed by atoms with Gasteiger partial charge in [-0.1, -0.05) is 36.6 Å². The molecule has 1 aliphatic rings. The van der Waals surface area contributed by atoms with Crippen molar-refractivity contribution in [1.29, 1.82) is 0 Å². The van der Waals surface area contributed by atoms with Crippen LogP contribution in [0.15, 0.2) is 30.6 Å². The van der Waals surface area contributed by atoms with Gasteiger partial charge in [0.1, 0.15) is 0 Å². The van der Waals surface area contributed by atoms with Crippen molar-refractivity contribution in [3.05, 3.63) is 35.6 Å². The van der Waals surface area contributed by atoms with Crippen LogP contribution in [-0.4, -0.2) is 32.2 Å². The number of fused-ring (bicyclic) bond motifs is 1. The lowest BCUT2D eigenvalue weighted by Crippen LogP contribution is -2.43. The molecule has 8 heteroatoms. The second-order valence-corrected chi connectivity index (χ2v) is 6.76. The second kappa shape index (κ2) is 6.85. The van der Waals surface area contributed by atoms with Gasteiger partial charge in [0.15, 0.2) is 5.82 Å². The summed E-state index contributed by atoms with van der Waals surface area (Å²) in [6.07, 6.45) is 7.78. The summed E-state index contributed by atoms with van der Waals surface area (Å²) in [5.74, 6) is 1.10. The van der Waals surface area contributed by atoms with Gasteiger partial charge in [-0.15, -0.1) is 5.10 Å². The van der Waals surface area contributed by atoms with E-state index < -0.39 is 0 Å². The molecule has 4 rings (SSSR count). The highest BCUT2D eigenvalue weighted by Crippen LogP contribution is 2.30. The van der Waals surface area contributed by atoms with E-state index in [4.69, 9.17) is 17.3 Å². The Kier molecular flexibility index (Phi) is 4.42. The molecule has 0 radical (unpaired) electrons. The van der Waals surface area contributed by atoms with Crippen molar-refractivity contribution < 1.29 is 0 Å². The molecule has 5 N–H and O–H groups in total. The molecule has 0 bridgehead atoms. The van der Waals surface area contributed by atoms with Gasteiger partial charge < -0.3 is 21.4 Å². The van der Waals surface area contributed by atoms with E-state index in [0.717, 1.165) is 29.4 Å². The first kappa shape index (κ1) is 16.1. The fourth-order valence-corrected chi connectivity index (χ4v) is 3.50. The summed E-state index contributed by atoms with van der Waals surface area (Å²) in [4.78, 5) is 7.68. The van der Waals surface area contributed by atoms with Gasteiger partial charge in [0.05, 0.1) is 22.4 Å². The van der Waals surface area contributed by atoms with Crippen molar-refractivity contribution in [2.75, 3.05) is 10.6 Å². The van der Waals surface area contributed by atoms with Gasteiger partial charge in [-0.25, -0.2) is 0 Å². The lowest BCUT2D eigenvalue weighted by atomic mass is 9.91. The number of nitrogens with two attached hydrogens (primary N) is 1. The van der Waals surface area contributed by atoms with Crippen molar-refractivity contribution >= 4 is 40.0 Å². The van der Waals surface area contributed by atoms with Gasteiger partial charge in [0, 0.05) is 23.7 Å². The maximum absolute atomic E-state index is 6.18. The molecule has 1 aromatic carbocycles.